The predicted molar refractivity (Wildman–Crippen MR) is 115 cm³/mol. The Bertz CT molecular complexity index is 1130. The maximum atomic E-state index is 13.0. The predicted octanol–water partition coefficient (Wildman–Crippen LogP) is 4.08. The summed E-state index contributed by atoms with van der Waals surface area (Å²) in [5.74, 6) is -0.0131. The summed E-state index contributed by atoms with van der Waals surface area (Å²) < 4.78 is 27.9. The zero-order valence-electron chi connectivity index (χ0n) is 15.7. The van der Waals surface area contributed by atoms with Crippen LogP contribution >= 0.6 is 11.6 Å². The van der Waals surface area contributed by atoms with Crippen molar-refractivity contribution in [2.24, 2.45) is 0 Å². The molecule has 3 aromatic carbocycles. The normalized spacial score (nSPS) is 15.6. The number of amides is 1. The number of carbonyl (C=O) groups is 1. The summed E-state index contributed by atoms with van der Waals surface area (Å²) in [7, 11) is -3.61. The summed E-state index contributed by atoms with van der Waals surface area (Å²) in [6.07, 6.45) is 1.15. The van der Waals surface area contributed by atoms with Gasteiger partial charge in [0.2, 0.25) is 10.0 Å². The summed E-state index contributed by atoms with van der Waals surface area (Å²) >= 11 is 5.83. The molecule has 0 aromatic heterocycles. The van der Waals surface area contributed by atoms with Crippen molar-refractivity contribution in [3.63, 3.8) is 0 Å². The van der Waals surface area contributed by atoms with Gasteiger partial charge in [-0.15, -0.1) is 0 Å². The van der Waals surface area contributed by atoms with Gasteiger partial charge in [-0.1, -0.05) is 48.0 Å². The van der Waals surface area contributed by atoms with E-state index in [-0.39, 0.29) is 16.8 Å². The molecule has 0 atom stereocenters. The first-order valence-electron chi connectivity index (χ1n) is 9.49. The second-order valence-corrected chi connectivity index (χ2v) is 9.32. The van der Waals surface area contributed by atoms with Crippen LogP contribution in [0.5, 0.6) is 0 Å². The van der Waals surface area contributed by atoms with Gasteiger partial charge in [0.25, 0.3) is 5.91 Å². The first-order valence-corrected chi connectivity index (χ1v) is 11.3. The SMILES string of the molecule is O=C(c1cccc2ccccc12)N1CCC(NS(=O)(=O)c2ccc(Cl)cc2)CC1. The molecular weight excluding hydrogens is 408 g/mol. The molecule has 4 rings (SSSR count). The first kappa shape index (κ1) is 19.9. The van der Waals surface area contributed by atoms with Crippen LogP contribution in [0.1, 0.15) is 23.2 Å². The molecule has 29 heavy (non-hydrogen) atoms. The number of halogens is 1. The molecule has 0 spiro atoms. The zero-order valence-corrected chi connectivity index (χ0v) is 17.3. The van der Waals surface area contributed by atoms with Crippen LogP contribution in [0.3, 0.4) is 0 Å². The van der Waals surface area contributed by atoms with Gasteiger partial charge in [-0.25, -0.2) is 13.1 Å². The second kappa shape index (κ2) is 8.14. The van der Waals surface area contributed by atoms with Crippen molar-refractivity contribution in [2.75, 3.05) is 13.1 Å². The molecule has 3 aromatic rings. The van der Waals surface area contributed by atoms with Gasteiger partial charge in [0, 0.05) is 29.7 Å². The molecule has 1 aliphatic heterocycles. The Labute approximate surface area is 175 Å². The van der Waals surface area contributed by atoms with E-state index in [0.29, 0.717) is 36.5 Å². The van der Waals surface area contributed by atoms with Gasteiger partial charge in [-0.3, -0.25) is 4.79 Å². The molecule has 5 nitrogen and oxygen atoms in total. The van der Waals surface area contributed by atoms with Gasteiger partial charge in [0.05, 0.1) is 4.90 Å². The highest BCUT2D eigenvalue weighted by Crippen LogP contribution is 2.23. The minimum absolute atomic E-state index is 0.0131. The van der Waals surface area contributed by atoms with E-state index in [9.17, 15) is 13.2 Å². The molecule has 1 heterocycles. The Kier molecular flexibility index (Phi) is 5.58. The number of hydrogen-bond donors (Lipinski definition) is 1. The van der Waals surface area contributed by atoms with Gasteiger partial charge in [0.15, 0.2) is 0 Å². The molecule has 0 aliphatic carbocycles. The lowest BCUT2D eigenvalue weighted by atomic mass is 10.0. The van der Waals surface area contributed by atoms with Gasteiger partial charge >= 0.3 is 0 Å². The highest BCUT2D eigenvalue weighted by atomic mass is 35.5. The van der Waals surface area contributed by atoms with Gasteiger partial charge < -0.3 is 4.90 Å². The van der Waals surface area contributed by atoms with Crippen molar-refractivity contribution in [1.29, 1.82) is 0 Å². The van der Waals surface area contributed by atoms with Crippen LogP contribution in [0.4, 0.5) is 0 Å². The van der Waals surface area contributed by atoms with Crippen molar-refractivity contribution in [3.05, 3.63) is 77.3 Å². The average Bonchev–Trinajstić information content (AvgIpc) is 2.73. The van der Waals surface area contributed by atoms with Gasteiger partial charge in [-0.05, 0) is 53.9 Å². The smallest absolute Gasteiger partial charge is 0.254 e. The number of sulfonamides is 1. The highest BCUT2D eigenvalue weighted by molar-refractivity contribution is 7.89. The summed E-state index contributed by atoms with van der Waals surface area (Å²) in [6.45, 7) is 1.02. The fraction of sp³-hybridized carbons (Fsp3) is 0.227. The molecule has 1 fully saturated rings. The van der Waals surface area contributed by atoms with E-state index in [2.05, 4.69) is 4.72 Å². The number of piperidine rings is 1. The molecule has 0 saturated carbocycles. The third kappa shape index (κ3) is 4.29. The molecule has 0 bridgehead atoms. The Morgan fingerprint density at radius 3 is 2.31 bits per heavy atom. The number of likely N-dealkylation sites (tertiary alicyclic amines) is 1. The van der Waals surface area contributed by atoms with Gasteiger partial charge in [0.1, 0.15) is 0 Å². The lowest BCUT2D eigenvalue weighted by Gasteiger charge is -2.32. The van der Waals surface area contributed by atoms with Crippen LogP contribution in [0, 0.1) is 0 Å². The molecule has 0 radical (unpaired) electrons. The maximum absolute atomic E-state index is 13.0. The fourth-order valence-electron chi connectivity index (χ4n) is 3.68. The molecule has 1 amide bonds. The van der Waals surface area contributed by atoms with E-state index in [4.69, 9.17) is 11.6 Å². The first-order chi connectivity index (χ1) is 13.9. The quantitative estimate of drug-likeness (QED) is 0.681. The lowest BCUT2D eigenvalue weighted by Crippen LogP contribution is -2.46. The maximum Gasteiger partial charge on any atom is 0.254 e. The summed E-state index contributed by atoms with van der Waals surface area (Å²) in [5.41, 5.74) is 0.684. The summed E-state index contributed by atoms with van der Waals surface area (Å²) in [5, 5.41) is 2.46. The standard InChI is InChI=1S/C22H21ClN2O3S/c23-17-8-10-19(11-9-17)29(27,28)24-18-12-14-25(15-13-18)22(26)21-7-3-5-16-4-1-2-6-20(16)21/h1-11,18,24H,12-15H2. The van der Waals surface area contributed by atoms with Crippen LogP contribution in [0.15, 0.2) is 71.6 Å². The van der Waals surface area contributed by atoms with Crippen molar-refractivity contribution < 1.29 is 13.2 Å². The van der Waals surface area contributed by atoms with Gasteiger partial charge in [-0.2, -0.15) is 0 Å². The Hall–Kier alpha value is -2.41. The number of nitrogens with zero attached hydrogens (tertiary/aromatic N) is 1. The molecule has 1 aliphatic rings. The topological polar surface area (TPSA) is 66.5 Å². The molecular formula is C22H21ClN2O3S. The van der Waals surface area contributed by atoms with E-state index in [1.54, 1.807) is 17.0 Å². The minimum atomic E-state index is -3.61. The third-order valence-corrected chi connectivity index (χ3v) is 7.04. The monoisotopic (exact) mass is 428 g/mol. The van der Waals surface area contributed by atoms with E-state index in [1.165, 1.54) is 12.1 Å². The Morgan fingerprint density at radius 2 is 1.59 bits per heavy atom. The number of rotatable bonds is 4. The van der Waals surface area contributed by atoms with E-state index >= 15 is 0 Å². The Balaban J connectivity index is 1.43. The Morgan fingerprint density at radius 1 is 0.931 bits per heavy atom. The summed E-state index contributed by atoms with van der Waals surface area (Å²) in [4.78, 5) is 15.0. The molecule has 1 N–H and O–H groups in total. The molecule has 7 heteroatoms. The summed E-state index contributed by atoms with van der Waals surface area (Å²) in [6, 6.07) is 19.4. The molecule has 1 saturated heterocycles. The number of fused-ring (bicyclic) bond motifs is 1. The second-order valence-electron chi connectivity index (χ2n) is 7.17. The van der Waals surface area contributed by atoms with Crippen LogP contribution in [-0.4, -0.2) is 38.4 Å². The van der Waals surface area contributed by atoms with E-state index < -0.39 is 10.0 Å². The molecule has 0 unspecified atom stereocenters. The lowest BCUT2D eigenvalue weighted by molar-refractivity contribution is 0.0713. The van der Waals surface area contributed by atoms with Crippen LogP contribution < -0.4 is 4.72 Å². The van der Waals surface area contributed by atoms with Crippen molar-refractivity contribution >= 4 is 38.3 Å². The van der Waals surface area contributed by atoms with E-state index in [1.807, 2.05) is 42.5 Å². The number of carbonyl (C=O) groups excluding carboxylic acids is 1. The number of hydrogen-bond acceptors (Lipinski definition) is 3. The largest absolute Gasteiger partial charge is 0.339 e. The van der Waals surface area contributed by atoms with E-state index in [0.717, 1.165) is 10.8 Å². The number of benzene rings is 3. The average molecular weight is 429 g/mol. The minimum Gasteiger partial charge on any atom is -0.339 e. The van der Waals surface area contributed by atoms with Crippen LogP contribution in [-0.2, 0) is 10.0 Å². The molecule has 150 valence electrons. The van der Waals surface area contributed by atoms with Crippen LogP contribution in [0.25, 0.3) is 10.8 Å². The zero-order chi connectivity index (χ0) is 20.4. The van der Waals surface area contributed by atoms with Crippen molar-refractivity contribution in [3.8, 4) is 0 Å². The number of nitrogens with one attached hydrogen (secondary N) is 1. The highest BCUT2D eigenvalue weighted by Gasteiger charge is 2.27. The van der Waals surface area contributed by atoms with Crippen LogP contribution in [0.2, 0.25) is 5.02 Å². The van der Waals surface area contributed by atoms with Crippen molar-refractivity contribution in [2.45, 2.75) is 23.8 Å². The third-order valence-electron chi connectivity index (χ3n) is 5.25. The fourth-order valence-corrected chi connectivity index (χ4v) is 5.11. The van der Waals surface area contributed by atoms with Crippen molar-refractivity contribution in [1.82, 2.24) is 9.62 Å².